The Morgan fingerprint density at radius 1 is 1.00 bits per heavy atom. The molecule has 1 N–H and O–H groups in total. The summed E-state index contributed by atoms with van der Waals surface area (Å²) >= 11 is 0. The number of likely N-dealkylation sites (N-methyl/N-ethyl adjacent to an activating group) is 1. The van der Waals surface area contributed by atoms with E-state index in [0.29, 0.717) is 0 Å². The summed E-state index contributed by atoms with van der Waals surface area (Å²) < 4.78 is 5.59. The van der Waals surface area contributed by atoms with E-state index < -0.39 is 0 Å². The smallest absolute Gasteiger partial charge is 0.0594 e. The second kappa shape index (κ2) is 6.58. The fraction of sp³-hybridized carbons (Fsp3) is 1.00. The van der Waals surface area contributed by atoms with Crippen LogP contribution in [0.4, 0.5) is 0 Å². The molecule has 3 nitrogen and oxygen atoms in total. The van der Waals surface area contributed by atoms with Gasteiger partial charge in [-0.3, -0.25) is 4.90 Å². The topological polar surface area (TPSA) is 24.5 Å². The summed E-state index contributed by atoms with van der Waals surface area (Å²) in [4.78, 5) is 2.31. The first-order chi connectivity index (χ1) is 7.13. The predicted molar refractivity (Wildman–Crippen MR) is 71.0 cm³/mol. The largest absolute Gasteiger partial charge is 0.379 e. The summed E-state index contributed by atoms with van der Waals surface area (Å²) in [5.41, 5.74) is 0.415. The maximum absolute atomic E-state index is 5.59. The van der Waals surface area contributed by atoms with Gasteiger partial charge in [0.1, 0.15) is 0 Å². The van der Waals surface area contributed by atoms with Crippen LogP contribution in [-0.2, 0) is 4.74 Å². The molecule has 0 fully saturated rings. The van der Waals surface area contributed by atoms with Crippen molar-refractivity contribution >= 4 is 0 Å². The van der Waals surface area contributed by atoms with Gasteiger partial charge in [0.25, 0.3) is 0 Å². The first kappa shape index (κ1) is 15.9. The molecule has 0 atom stereocenters. The molecule has 0 aromatic heterocycles. The zero-order valence-corrected chi connectivity index (χ0v) is 12.2. The lowest BCUT2D eigenvalue weighted by atomic mass is 10.1. The van der Waals surface area contributed by atoms with Crippen LogP contribution in [0.2, 0.25) is 0 Å². The Labute approximate surface area is 102 Å². The van der Waals surface area contributed by atoms with Gasteiger partial charge in [-0.05, 0) is 48.6 Å². The molecular formula is C13H30N2O. The number of ether oxygens (including phenoxy) is 1. The van der Waals surface area contributed by atoms with Gasteiger partial charge in [0, 0.05) is 24.2 Å². The van der Waals surface area contributed by atoms with Gasteiger partial charge in [-0.2, -0.15) is 0 Å². The lowest BCUT2D eigenvalue weighted by Crippen LogP contribution is -2.41. The van der Waals surface area contributed by atoms with Gasteiger partial charge in [-0.25, -0.2) is 0 Å². The minimum absolute atomic E-state index is 0.186. The van der Waals surface area contributed by atoms with Gasteiger partial charge >= 0.3 is 0 Å². The lowest BCUT2D eigenvalue weighted by molar-refractivity contribution is 0.0800. The second-order valence-electron chi connectivity index (χ2n) is 6.38. The van der Waals surface area contributed by atoms with Gasteiger partial charge in [-0.1, -0.05) is 0 Å². The molecule has 0 aromatic carbocycles. The highest BCUT2D eigenvalue weighted by molar-refractivity contribution is 4.72. The standard InChI is InChI=1S/C13H30N2O/c1-12(2,3)14-8-10-16-11-9-15(7)13(4,5)6/h14H,8-11H2,1-7H3. The highest BCUT2D eigenvalue weighted by Gasteiger charge is 2.15. The summed E-state index contributed by atoms with van der Waals surface area (Å²) in [6.07, 6.45) is 0. The van der Waals surface area contributed by atoms with Gasteiger partial charge in [0.2, 0.25) is 0 Å². The van der Waals surface area contributed by atoms with E-state index in [-0.39, 0.29) is 11.1 Å². The molecule has 3 heteroatoms. The number of hydrogen-bond donors (Lipinski definition) is 1. The van der Waals surface area contributed by atoms with Crippen molar-refractivity contribution in [3.8, 4) is 0 Å². The summed E-state index contributed by atoms with van der Waals surface area (Å²) in [6, 6.07) is 0. The summed E-state index contributed by atoms with van der Waals surface area (Å²) in [6.45, 7) is 16.6. The average Bonchev–Trinajstić information content (AvgIpc) is 2.07. The SMILES string of the molecule is CN(CCOCCNC(C)(C)C)C(C)(C)C. The van der Waals surface area contributed by atoms with Crippen molar-refractivity contribution in [2.24, 2.45) is 0 Å². The molecule has 0 aromatic rings. The average molecular weight is 230 g/mol. The molecule has 0 spiro atoms. The number of nitrogens with one attached hydrogen (secondary N) is 1. The number of nitrogens with zero attached hydrogens (tertiary/aromatic N) is 1. The maximum Gasteiger partial charge on any atom is 0.0594 e. The molecule has 0 aliphatic heterocycles. The third kappa shape index (κ3) is 9.13. The molecule has 0 unspecified atom stereocenters. The normalized spacial score (nSPS) is 13.5. The monoisotopic (exact) mass is 230 g/mol. The van der Waals surface area contributed by atoms with Crippen molar-refractivity contribution in [3.05, 3.63) is 0 Å². The maximum atomic E-state index is 5.59. The third-order valence-corrected chi connectivity index (χ3v) is 2.62. The Kier molecular flexibility index (Phi) is 6.53. The van der Waals surface area contributed by atoms with E-state index in [4.69, 9.17) is 4.74 Å². The Bertz CT molecular complexity index is 179. The second-order valence-corrected chi connectivity index (χ2v) is 6.38. The fourth-order valence-electron chi connectivity index (χ4n) is 1.14. The summed E-state index contributed by atoms with van der Waals surface area (Å²) in [5.74, 6) is 0. The third-order valence-electron chi connectivity index (χ3n) is 2.62. The minimum atomic E-state index is 0.186. The highest BCUT2D eigenvalue weighted by atomic mass is 16.5. The van der Waals surface area contributed by atoms with Crippen LogP contribution >= 0.6 is 0 Å². The number of hydrogen-bond acceptors (Lipinski definition) is 3. The fourth-order valence-corrected chi connectivity index (χ4v) is 1.14. The highest BCUT2D eigenvalue weighted by Crippen LogP contribution is 2.09. The van der Waals surface area contributed by atoms with Gasteiger partial charge in [0.15, 0.2) is 0 Å². The molecule has 0 bridgehead atoms. The van der Waals surface area contributed by atoms with E-state index in [1.54, 1.807) is 0 Å². The van der Waals surface area contributed by atoms with Crippen LogP contribution in [0.15, 0.2) is 0 Å². The first-order valence-electron chi connectivity index (χ1n) is 6.17. The molecule has 0 aliphatic rings. The molecule has 0 radical (unpaired) electrons. The zero-order chi connectivity index (χ0) is 12.8. The van der Waals surface area contributed by atoms with Gasteiger partial charge < -0.3 is 10.1 Å². The molecule has 0 rings (SSSR count). The van der Waals surface area contributed by atoms with Crippen molar-refractivity contribution in [1.29, 1.82) is 0 Å². The molecular weight excluding hydrogens is 200 g/mol. The van der Waals surface area contributed by atoms with Crippen molar-refractivity contribution < 1.29 is 4.74 Å². The Morgan fingerprint density at radius 2 is 1.56 bits per heavy atom. The predicted octanol–water partition coefficient (Wildman–Crippen LogP) is 2.12. The molecule has 98 valence electrons. The zero-order valence-electron chi connectivity index (χ0n) is 12.2. The Hall–Kier alpha value is -0.120. The Balaban J connectivity index is 3.41. The molecule has 0 saturated carbocycles. The number of rotatable bonds is 6. The van der Waals surface area contributed by atoms with Crippen molar-refractivity contribution in [2.75, 3.05) is 33.4 Å². The van der Waals surface area contributed by atoms with E-state index in [2.05, 4.69) is 58.8 Å². The first-order valence-corrected chi connectivity index (χ1v) is 6.17. The molecule has 16 heavy (non-hydrogen) atoms. The van der Waals surface area contributed by atoms with Crippen LogP contribution in [0.3, 0.4) is 0 Å². The minimum Gasteiger partial charge on any atom is -0.379 e. The quantitative estimate of drug-likeness (QED) is 0.707. The van der Waals surface area contributed by atoms with Crippen LogP contribution in [-0.4, -0.2) is 49.3 Å². The van der Waals surface area contributed by atoms with Crippen molar-refractivity contribution in [2.45, 2.75) is 52.6 Å². The van der Waals surface area contributed by atoms with Gasteiger partial charge in [0.05, 0.1) is 13.2 Å². The van der Waals surface area contributed by atoms with Gasteiger partial charge in [-0.15, -0.1) is 0 Å². The molecule has 0 saturated heterocycles. The van der Waals surface area contributed by atoms with Crippen molar-refractivity contribution in [3.63, 3.8) is 0 Å². The van der Waals surface area contributed by atoms with Crippen LogP contribution in [0, 0.1) is 0 Å². The van der Waals surface area contributed by atoms with E-state index in [0.717, 1.165) is 26.3 Å². The Morgan fingerprint density at radius 3 is 2.00 bits per heavy atom. The summed E-state index contributed by atoms with van der Waals surface area (Å²) in [5, 5.41) is 3.40. The van der Waals surface area contributed by atoms with Crippen LogP contribution in [0.5, 0.6) is 0 Å². The van der Waals surface area contributed by atoms with E-state index in [1.165, 1.54) is 0 Å². The molecule has 0 amide bonds. The molecule has 0 aliphatic carbocycles. The van der Waals surface area contributed by atoms with E-state index in [9.17, 15) is 0 Å². The van der Waals surface area contributed by atoms with E-state index >= 15 is 0 Å². The summed E-state index contributed by atoms with van der Waals surface area (Å²) in [7, 11) is 2.14. The lowest BCUT2D eigenvalue weighted by Gasteiger charge is -2.31. The molecule has 0 heterocycles. The van der Waals surface area contributed by atoms with Crippen molar-refractivity contribution in [1.82, 2.24) is 10.2 Å². The van der Waals surface area contributed by atoms with Crippen LogP contribution in [0.1, 0.15) is 41.5 Å². The van der Waals surface area contributed by atoms with E-state index in [1.807, 2.05) is 0 Å². The van der Waals surface area contributed by atoms with Crippen LogP contribution < -0.4 is 5.32 Å². The van der Waals surface area contributed by atoms with Crippen LogP contribution in [0.25, 0.3) is 0 Å².